The predicted octanol–water partition coefficient (Wildman–Crippen LogP) is 3.83. The van der Waals surface area contributed by atoms with Crippen LogP contribution in [0.25, 0.3) is 0 Å². The number of hydrogen-bond donors (Lipinski definition) is 2. The largest absolute Gasteiger partial charge is 0.381 e. The maximum absolute atomic E-state index is 6.12. The van der Waals surface area contributed by atoms with Crippen LogP contribution in [0.1, 0.15) is 44.2 Å². The third-order valence-electron chi connectivity index (χ3n) is 5.71. The summed E-state index contributed by atoms with van der Waals surface area (Å²) in [6, 6.07) is 8.10. The molecule has 0 radical (unpaired) electrons. The number of halogens is 2. The first-order chi connectivity index (χ1) is 12.6. The number of aliphatic imine (C=N–C) groups is 1. The smallest absolute Gasteiger partial charge is 0.191 e. The van der Waals surface area contributed by atoms with Gasteiger partial charge in [0.2, 0.25) is 0 Å². The van der Waals surface area contributed by atoms with Crippen LogP contribution in [-0.4, -0.2) is 56.3 Å². The zero-order valence-electron chi connectivity index (χ0n) is 16.3. The molecule has 0 saturated carbocycles. The molecule has 0 amide bonds. The third kappa shape index (κ3) is 5.95. The van der Waals surface area contributed by atoms with Crippen LogP contribution in [0.5, 0.6) is 0 Å². The molecule has 0 bridgehead atoms. The summed E-state index contributed by atoms with van der Waals surface area (Å²) in [5, 5.41) is 7.83. The minimum Gasteiger partial charge on any atom is -0.381 e. The van der Waals surface area contributed by atoms with E-state index in [2.05, 4.69) is 33.5 Å². The summed E-state index contributed by atoms with van der Waals surface area (Å²) in [5.41, 5.74) is 1.34. The van der Waals surface area contributed by atoms with Gasteiger partial charge in [0, 0.05) is 37.4 Å². The molecule has 0 spiro atoms. The zero-order valence-corrected chi connectivity index (χ0v) is 19.4. The van der Waals surface area contributed by atoms with E-state index in [4.69, 9.17) is 16.3 Å². The molecule has 0 aliphatic carbocycles. The van der Waals surface area contributed by atoms with Gasteiger partial charge in [-0.05, 0) is 63.4 Å². The van der Waals surface area contributed by atoms with Crippen LogP contribution in [0.2, 0.25) is 5.02 Å². The van der Waals surface area contributed by atoms with E-state index in [1.165, 1.54) is 25.9 Å². The highest BCUT2D eigenvalue weighted by molar-refractivity contribution is 14.0. The van der Waals surface area contributed by atoms with E-state index < -0.39 is 0 Å². The summed E-state index contributed by atoms with van der Waals surface area (Å²) < 4.78 is 5.64. The maximum Gasteiger partial charge on any atom is 0.191 e. The van der Waals surface area contributed by atoms with Crippen molar-refractivity contribution in [2.45, 2.75) is 44.2 Å². The lowest BCUT2D eigenvalue weighted by atomic mass is 9.88. The van der Waals surface area contributed by atoms with Crippen LogP contribution in [-0.2, 0) is 4.74 Å². The van der Waals surface area contributed by atoms with Gasteiger partial charge in [-0.1, -0.05) is 23.7 Å². The van der Waals surface area contributed by atoms with Crippen molar-refractivity contribution in [3.05, 3.63) is 34.9 Å². The first-order valence-corrected chi connectivity index (χ1v) is 10.1. The van der Waals surface area contributed by atoms with E-state index in [0.717, 1.165) is 49.1 Å². The molecule has 1 aromatic rings. The van der Waals surface area contributed by atoms with Crippen molar-refractivity contribution < 1.29 is 4.74 Å². The van der Waals surface area contributed by atoms with Crippen LogP contribution in [0.3, 0.4) is 0 Å². The van der Waals surface area contributed by atoms with Gasteiger partial charge in [0.15, 0.2) is 5.96 Å². The fourth-order valence-corrected chi connectivity index (χ4v) is 4.25. The van der Waals surface area contributed by atoms with E-state index in [1.807, 2.05) is 25.2 Å². The number of nitrogens with one attached hydrogen (secondary N) is 2. The van der Waals surface area contributed by atoms with E-state index in [0.29, 0.717) is 0 Å². The molecular formula is C20H32ClIN4O. The molecule has 1 unspecified atom stereocenters. The molecule has 1 aromatic carbocycles. The molecule has 2 saturated heterocycles. The van der Waals surface area contributed by atoms with E-state index in [9.17, 15) is 0 Å². The molecule has 2 heterocycles. The SMILES string of the molecule is CN=C(NCC1(N2CCCC2)CCOCC1)NC(C)c1cccc(Cl)c1.I. The minimum atomic E-state index is 0. The van der Waals surface area contributed by atoms with Gasteiger partial charge in [0.1, 0.15) is 0 Å². The molecule has 2 N–H and O–H groups in total. The highest BCUT2D eigenvalue weighted by Gasteiger charge is 2.39. The molecule has 7 heteroatoms. The Kier molecular flexibility index (Phi) is 9.11. The zero-order chi connectivity index (χ0) is 18.4. The van der Waals surface area contributed by atoms with Crippen LogP contribution < -0.4 is 10.6 Å². The second-order valence-electron chi connectivity index (χ2n) is 7.38. The van der Waals surface area contributed by atoms with Crippen molar-refractivity contribution in [1.29, 1.82) is 0 Å². The molecule has 3 rings (SSSR count). The first kappa shape index (κ1) is 22.7. The Morgan fingerprint density at radius 1 is 1.30 bits per heavy atom. The number of nitrogens with zero attached hydrogens (tertiary/aromatic N) is 2. The standard InChI is InChI=1S/C20H31ClN4O.HI/c1-16(17-6-5-7-18(21)14-17)24-19(22-2)23-15-20(8-12-26-13-9-20)25-10-3-4-11-25;/h5-7,14,16H,3-4,8-13,15H2,1-2H3,(H2,22,23,24);1H. The van der Waals surface area contributed by atoms with Gasteiger partial charge < -0.3 is 15.4 Å². The van der Waals surface area contributed by atoms with Crippen molar-refractivity contribution in [2.24, 2.45) is 4.99 Å². The molecule has 27 heavy (non-hydrogen) atoms. The highest BCUT2D eigenvalue weighted by Crippen LogP contribution is 2.30. The number of likely N-dealkylation sites (tertiary alicyclic amines) is 1. The quantitative estimate of drug-likeness (QED) is 0.362. The van der Waals surface area contributed by atoms with Gasteiger partial charge in [-0.3, -0.25) is 9.89 Å². The molecule has 5 nitrogen and oxygen atoms in total. The monoisotopic (exact) mass is 506 g/mol. The number of hydrogen-bond acceptors (Lipinski definition) is 3. The summed E-state index contributed by atoms with van der Waals surface area (Å²) in [6.45, 7) is 7.13. The molecular weight excluding hydrogens is 475 g/mol. The lowest BCUT2D eigenvalue weighted by Gasteiger charge is -2.45. The summed E-state index contributed by atoms with van der Waals surface area (Å²) in [6.07, 6.45) is 4.78. The molecule has 2 aliphatic rings. The van der Waals surface area contributed by atoms with Crippen LogP contribution in [0, 0.1) is 0 Å². The maximum atomic E-state index is 6.12. The molecule has 2 fully saturated rings. The average Bonchev–Trinajstić information content (AvgIpc) is 3.21. The Morgan fingerprint density at radius 2 is 2.00 bits per heavy atom. The summed E-state index contributed by atoms with van der Waals surface area (Å²) in [5.74, 6) is 0.836. The Hall–Kier alpha value is -0.570. The van der Waals surface area contributed by atoms with Crippen molar-refractivity contribution in [3.63, 3.8) is 0 Å². The van der Waals surface area contributed by atoms with Crippen LogP contribution >= 0.6 is 35.6 Å². The van der Waals surface area contributed by atoms with E-state index in [1.54, 1.807) is 0 Å². The first-order valence-electron chi connectivity index (χ1n) is 9.68. The van der Waals surface area contributed by atoms with Gasteiger partial charge in [0.05, 0.1) is 6.04 Å². The predicted molar refractivity (Wildman–Crippen MR) is 123 cm³/mol. The number of guanidine groups is 1. The van der Waals surface area contributed by atoms with Gasteiger partial charge in [-0.2, -0.15) is 0 Å². The van der Waals surface area contributed by atoms with Gasteiger partial charge >= 0.3 is 0 Å². The fraction of sp³-hybridized carbons (Fsp3) is 0.650. The van der Waals surface area contributed by atoms with Crippen molar-refractivity contribution >= 4 is 41.5 Å². The van der Waals surface area contributed by atoms with Crippen molar-refractivity contribution in [2.75, 3.05) is 39.9 Å². The second-order valence-corrected chi connectivity index (χ2v) is 7.81. The van der Waals surface area contributed by atoms with Gasteiger partial charge in [-0.15, -0.1) is 24.0 Å². The molecule has 2 aliphatic heterocycles. The normalized spacial score (nSPS) is 21.4. The van der Waals surface area contributed by atoms with Crippen molar-refractivity contribution in [3.8, 4) is 0 Å². The third-order valence-corrected chi connectivity index (χ3v) is 5.95. The lowest BCUT2D eigenvalue weighted by Crippen LogP contribution is -2.58. The van der Waals surface area contributed by atoms with Gasteiger partial charge in [0.25, 0.3) is 0 Å². The van der Waals surface area contributed by atoms with Crippen LogP contribution in [0.15, 0.2) is 29.3 Å². The van der Waals surface area contributed by atoms with Gasteiger partial charge in [-0.25, -0.2) is 0 Å². The second kappa shape index (κ2) is 10.8. The Morgan fingerprint density at radius 3 is 2.63 bits per heavy atom. The highest BCUT2D eigenvalue weighted by atomic mass is 127. The van der Waals surface area contributed by atoms with Crippen LogP contribution in [0.4, 0.5) is 0 Å². The van der Waals surface area contributed by atoms with Crippen molar-refractivity contribution in [1.82, 2.24) is 15.5 Å². The summed E-state index contributed by atoms with van der Waals surface area (Å²) in [7, 11) is 1.83. The molecule has 0 aromatic heterocycles. The molecule has 152 valence electrons. The lowest BCUT2D eigenvalue weighted by molar-refractivity contribution is -0.0164. The topological polar surface area (TPSA) is 48.9 Å². The average molecular weight is 507 g/mol. The van der Waals surface area contributed by atoms with E-state index >= 15 is 0 Å². The Bertz CT molecular complexity index is 616. The summed E-state index contributed by atoms with van der Waals surface area (Å²) in [4.78, 5) is 7.09. The summed E-state index contributed by atoms with van der Waals surface area (Å²) >= 11 is 6.12. The Balaban J connectivity index is 0.00000261. The van der Waals surface area contributed by atoms with E-state index in [-0.39, 0.29) is 35.6 Å². The minimum absolute atomic E-state index is 0. The number of rotatable bonds is 5. The molecule has 1 atom stereocenters. The fourth-order valence-electron chi connectivity index (χ4n) is 4.05. The Labute approximate surface area is 185 Å². The number of benzene rings is 1. The number of ether oxygens (including phenoxy) is 1.